The molecular formula is C35H35FN8O4. The van der Waals surface area contributed by atoms with Gasteiger partial charge in [0, 0.05) is 23.7 Å². The van der Waals surface area contributed by atoms with Gasteiger partial charge in [-0.2, -0.15) is 9.94 Å². The SMILES string of the molecule is C[C@@H](CC1(c2nn(-c3ccc(F)cc3)c(=O)[nH]2)c2ccc(C(N)=O)cc2CCc2cc(C(N)=O)ccc21)NCC(=O)N1CCCC1C#N. The van der Waals surface area contributed by atoms with Crippen molar-refractivity contribution in [3.63, 3.8) is 0 Å². The highest BCUT2D eigenvalue weighted by molar-refractivity contribution is 5.94. The molecular weight excluding hydrogens is 615 g/mol. The van der Waals surface area contributed by atoms with Gasteiger partial charge < -0.3 is 21.7 Å². The Balaban J connectivity index is 1.53. The number of benzene rings is 3. The van der Waals surface area contributed by atoms with E-state index in [1.807, 2.05) is 6.92 Å². The Labute approximate surface area is 275 Å². The van der Waals surface area contributed by atoms with Crippen LogP contribution in [0.4, 0.5) is 4.39 Å². The number of nitrogens with two attached hydrogens (primary N) is 2. The van der Waals surface area contributed by atoms with Crippen LogP contribution in [0.3, 0.4) is 0 Å². The molecule has 1 aliphatic heterocycles. The number of primary amides is 2. The maximum Gasteiger partial charge on any atom is 0.348 e. The number of rotatable bonds is 9. The number of amides is 3. The summed E-state index contributed by atoms with van der Waals surface area (Å²) < 4.78 is 15.0. The van der Waals surface area contributed by atoms with Gasteiger partial charge in [-0.25, -0.2) is 9.18 Å². The third-order valence-electron chi connectivity index (χ3n) is 9.39. The minimum Gasteiger partial charge on any atom is -0.366 e. The number of halogens is 1. The van der Waals surface area contributed by atoms with Gasteiger partial charge >= 0.3 is 5.69 Å². The summed E-state index contributed by atoms with van der Waals surface area (Å²) in [6, 6.07) is 17.1. The number of aromatic nitrogens is 3. The number of aryl methyl sites for hydroxylation is 2. The molecule has 0 radical (unpaired) electrons. The predicted molar refractivity (Wildman–Crippen MR) is 174 cm³/mol. The molecule has 2 aliphatic rings. The Morgan fingerprint density at radius 2 is 1.65 bits per heavy atom. The van der Waals surface area contributed by atoms with Crippen molar-refractivity contribution < 1.29 is 18.8 Å². The summed E-state index contributed by atoms with van der Waals surface area (Å²) >= 11 is 0. The summed E-state index contributed by atoms with van der Waals surface area (Å²) in [7, 11) is 0. The number of fused-ring (bicyclic) bond motifs is 2. The van der Waals surface area contributed by atoms with Crippen molar-refractivity contribution in [3.05, 3.63) is 116 Å². The fraction of sp³-hybridized carbons (Fsp3) is 0.314. The normalized spacial score (nSPS) is 17.1. The van der Waals surface area contributed by atoms with Gasteiger partial charge in [0.05, 0.1) is 23.7 Å². The van der Waals surface area contributed by atoms with Crippen LogP contribution in [0.15, 0.2) is 65.5 Å². The van der Waals surface area contributed by atoms with E-state index in [0.29, 0.717) is 42.6 Å². The second kappa shape index (κ2) is 12.9. The molecule has 6 rings (SSSR count). The molecule has 12 nitrogen and oxygen atoms in total. The highest BCUT2D eigenvalue weighted by Gasteiger charge is 2.45. The molecule has 2 heterocycles. The molecule has 1 aromatic heterocycles. The van der Waals surface area contributed by atoms with Crippen LogP contribution < -0.4 is 22.5 Å². The zero-order valence-corrected chi connectivity index (χ0v) is 26.3. The van der Waals surface area contributed by atoms with Crippen molar-refractivity contribution >= 4 is 17.7 Å². The molecule has 6 N–H and O–H groups in total. The van der Waals surface area contributed by atoms with Crippen LogP contribution >= 0.6 is 0 Å². The fourth-order valence-corrected chi connectivity index (χ4v) is 7.09. The molecule has 0 spiro atoms. The molecule has 3 aromatic carbocycles. The average Bonchev–Trinajstić information content (AvgIpc) is 3.69. The van der Waals surface area contributed by atoms with Gasteiger partial charge in [0.1, 0.15) is 17.7 Å². The molecule has 1 saturated heterocycles. The lowest BCUT2D eigenvalue weighted by molar-refractivity contribution is -0.130. The maximum absolute atomic E-state index is 13.8. The summed E-state index contributed by atoms with van der Waals surface area (Å²) in [5.74, 6) is -1.58. The van der Waals surface area contributed by atoms with Crippen LogP contribution in [0, 0.1) is 17.1 Å². The Kier molecular flexibility index (Phi) is 8.68. The third kappa shape index (κ3) is 5.86. The van der Waals surface area contributed by atoms with Crippen molar-refractivity contribution in [2.75, 3.05) is 13.1 Å². The van der Waals surface area contributed by atoms with Gasteiger partial charge in [-0.3, -0.25) is 19.4 Å². The lowest BCUT2D eigenvalue weighted by atomic mass is 9.67. The van der Waals surface area contributed by atoms with Gasteiger partial charge in [0.25, 0.3) is 0 Å². The Hall–Kier alpha value is -5.61. The molecule has 48 heavy (non-hydrogen) atoms. The molecule has 1 aliphatic carbocycles. The molecule has 4 aromatic rings. The number of likely N-dealkylation sites (tertiary alicyclic amines) is 1. The molecule has 1 unspecified atom stereocenters. The van der Waals surface area contributed by atoms with E-state index in [1.165, 1.54) is 24.3 Å². The lowest BCUT2D eigenvalue weighted by Gasteiger charge is -2.37. The molecule has 0 bridgehead atoms. The number of nitriles is 1. The highest BCUT2D eigenvalue weighted by Crippen LogP contribution is 2.47. The summed E-state index contributed by atoms with van der Waals surface area (Å²) in [5, 5.41) is 17.6. The second-order valence-corrected chi connectivity index (χ2v) is 12.4. The van der Waals surface area contributed by atoms with Gasteiger partial charge in [-0.05, 0) is 110 Å². The topological polar surface area (TPSA) is 193 Å². The monoisotopic (exact) mass is 650 g/mol. The summed E-state index contributed by atoms with van der Waals surface area (Å²) in [6.45, 7) is 2.41. The van der Waals surface area contributed by atoms with E-state index in [2.05, 4.69) is 16.4 Å². The first-order valence-electron chi connectivity index (χ1n) is 15.8. The van der Waals surface area contributed by atoms with E-state index in [9.17, 15) is 28.8 Å². The summed E-state index contributed by atoms with van der Waals surface area (Å²) in [4.78, 5) is 55.8. The molecule has 1 fully saturated rings. The Bertz CT molecular complexity index is 1950. The molecule has 3 amide bonds. The zero-order chi connectivity index (χ0) is 34.2. The Morgan fingerprint density at radius 1 is 1.04 bits per heavy atom. The van der Waals surface area contributed by atoms with E-state index in [-0.39, 0.29) is 30.7 Å². The van der Waals surface area contributed by atoms with Gasteiger partial charge in [0.15, 0.2) is 0 Å². The maximum atomic E-state index is 13.8. The minimum absolute atomic E-state index is 0.0170. The zero-order valence-electron chi connectivity index (χ0n) is 26.3. The number of hydrogen-bond donors (Lipinski definition) is 4. The van der Waals surface area contributed by atoms with Crippen molar-refractivity contribution in [1.29, 1.82) is 5.26 Å². The van der Waals surface area contributed by atoms with Gasteiger partial charge in [-0.1, -0.05) is 12.1 Å². The first-order chi connectivity index (χ1) is 23.0. The van der Waals surface area contributed by atoms with E-state index in [1.54, 1.807) is 41.3 Å². The van der Waals surface area contributed by atoms with Crippen molar-refractivity contribution in [3.8, 4) is 11.8 Å². The largest absolute Gasteiger partial charge is 0.366 e. The number of H-pyrrole nitrogens is 1. The fourth-order valence-electron chi connectivity index (χ4n) is 7.09. The van der Waals surface area contributed by atoms with E-state index < -0.39 is 34.8 Å². The number of hydrogen-bond acceptors (Lipinski definition) is 7. The van der Waals surface area contributed by atoms with E-state index in [0.717, 1.165) is 33.4 Å². The highest BCUT2D eigenvalue weighted by atomic mass is 19.1. The molecule has 2 atom stereocenters. The van der Waals surface area contributed by atoms with Crippen LogP contribution in [-0.4, -0.2) is 62.6 Å². The lowest BCUT2D eigenvalue weighted by Crippen LogP contribution is -2.45. The van der Waals surface area contributed by atoms with Crippen LogP contribution in [0.25, 0.3) is 5.69 Å². The van der Waals surface area contributed by atoms with Crippen LogP contribution in [0.1, 0.15) is 75.0 Å². The number of nitrogens with one attached hydrogen (secondary N) is 2. The standard InChI is InChI=1S/C35H35FN8O4/c1-20(40-19-30(45)43-14-2-3-27(43)18-37)17-35(33-41-34(48)44(42-33)26-10-8-25(36)9-11-26)28-12-6-23(31(38)46)15-21(28)4-5-22-16-24(32(39)47)7-13-29(22)35/h6-13,15-16,20,27,40H,2-5,14,17,19H2,1H3,(H2,38,46)(H2,39,47)(H,41,42,48)/t20-,27?/m0/s1. The van der Waals surface area contributed by atoms with E-state index in [4.69, 9.17) is 16.6 Å². The van der Waals surface area contributed by atoms with Crippen molar-refractivity contribution in [2.45, 2.75) is 56.5 Å². The van der Waals surface area contributed by atoms with Crippen molar-refractivity contribution in [1.82, 2.24) is 25.0 Å². The molecule has 246 valence electrons. The average molecular weight is 651 g/mol. The number of carbonyl (C=O) groups excluding carboxylic acids is 3. The second-order valence-electron chi connectivity index (χ2n) is 12.4. The van der Waals surface area contributed by atoms with Crippen molar-refractivity contribution in [2.24, 2.45) is 11.5 Å². The van der Waals surface area contributed by atoms with E-state index >= 15 is 0 Å². The van der Waals surface area contributed by atoms with Gasteiger partial charge in [0.2, 0.25) is 17.7 Å². The number of aromatic amines is 1. The molecule has 13 heteroatoms. The first-order valence-corrected chi connectivity index (χ1v) is 15.8. The first kappa shape index (κ1) is 32.3. The van der Waals surface area contributed by atoms with Crippen LogP contribution in [-0.2, 0) is 23.1 Å². The Morgan fingerprint density at radius 3 is 2.21 bits per heavy atom. The number of carbonyl (C=O) groups is 3. The summed E-state index contributed by atoms with van der Waals surface area (Å²) in [6.07, 6.45) is 2.62. The minimum atomic E-state index is -1.18. The summed E-state index contributed by atoms with van der Waals surface area (Å²) in [5.41, 5.74) is 13.7. The number of nitrogens with zero attached hydrogens (tertiary/aromatic N) is 4. The third-order valence-corrected chi connectivity index (χ3v) is 9.39. The van der Waals surface area contributed by atoms with Crippen LogP contribution in [0.2, 0.25) is 0 Å². The van der Waals surface area contributed by atoms with Gasteiger partial charge in [-0.15, -0.1) is 5.10 Å². The van der Waals surface area contributed by atoms with Crippen LogP contribution in [0.5, 0.6) is 0 Å². The quantitative estimate of drug-likeness (QED) is 0.213. The smallest absolute Gasteiger partial charge is 0.348 e. The predicted octanol–water partition coefficient (Wildman–Crippen LogP) is 2.21. The molecule has 0 saturated carbocycles.